The first-order valence-corrected chi connectivity index (χ1v) is 10.9. The van der Waals surface area contributed by atoms with E-state index >= 15 is 0 Å². The highest BCUT2D eigenvalue weighted by molar-refractivity contribution is 6.09. The Labute approximate surface area is 178 Å². The van der Waals surface area contributed by atoms with Gasteiger partial charge < -0.3 is 24.4 Å². The number of carbonyl (C=O) groups is 2. The summed E-state index contributed by atoms with van der Waals surface area (Å²) in [7, 11) is 0. The van der Waals surface area contributed by atoms with Crippen LogP contribution < -0.4 is 19.7 Å². The molecule has 0 radical (unpaired) electrons. The maximum Gasteiger partial charge on any atom is 0.239 e. The van der Waals surface area contributed by atoms with Crippen LogP contribution in [0.1, 0.15) is 40.0 Å². The van der Waals surface area contributed by atoms with Crippen LogP contribution in [-0.2, 0) is 14.3 Å². The molecule has 3 atom stereocenters. The van der Waals surface area contributed by atoms with Crippen LogP contribution in [-0.4, -0.2) is 50.8 Å². The monoisotopic (exact) mass is 416 g/mol. The van der Waals surface area contributed by atoms with Gasteiger partial charge in [0.05, 0.1) is 6.10 Å². The van der Waals surface area contributed by atoms with Gasteiger partial charge in [0.2, 0.25) is 11.8 Å². The molecule has 3 heterocycles. The molecule has 4 rings (SSSR count). The fourth-order valence-electron chi connectivity index (χ4n) is 4.74. The molecule has 0 aromatic heterocycles. The third-order valence-electron chi connectivity index (χ3n) is 6.20. The molecule has 0 saturated carbocycles. The minimum atomic E-state index is -0.643. The fraction of sp³-hybridized carbons (Fsp3) is 0.652. The number of anilines is 1. The topological polar surface area (TPSA) is 77.1 Å². The van der Waals surface area contributed by atoms with Crippen molar-refractivity contribution in [3.05, 3.63) is 18.2 Å². The molecule has 3 aliphatic rings. The van der Waals surface area contributed by atoms with Gasteiger partial charge in [-0.2, -0.15) is 0 Å². The highest BCUT2D eigenvalue weighted by atomic mass is 16.6. The smallest absolute Gasteiger partial charge is 0.239 e. The molecule has 7 heteroatoms. The number of nitrogens with zero attached hydrogens (tertiary/aromatic N) is 1. The summed E-state index contributed by atoms with van der Waals surface area (Å²) in [5.41, 5.74) is 0.765. The predicted molar refractivity (Wildman–Crippen MR) is 113 cm³/mol. The van der Waals surface area contributed by atoms with Crippen LogP contribution in [0.4, 0.5) is 5.69 Å². The van der Waals surface area contributed by atoms with E-state index in [0.717, 1.165) is 25.1 Å². The lowest BCUT2D eigenvalue weighted by atomic mass is 9.78. The molecule has 1 N–H and O–H groups in total. The molecule has 0 spiro atoms. The van der Waals surface area contributed by atoms with Crippen molar-refractivity contribution in [2.45, 2.75) is 46.1 Å². The number of hydrogen-bond donors (Lipinski definition) is 1. The van der Waals surface area contributed by atoms with E-state index in [1.165, 1.54) is 0 Å². The summed E-state index contributed by atoms with van der Waals surface area (Å²) in [4.78, 5) is 27.4. The molecule has 164 valence electrons. The molecule has 2 saturated heterocycles. The van der Waals surface area contributed by atoms with Crippen molar-refractivity contribution in [2.75, 3.05) is 37.8 Å². The van der Waals surface area contributed by atoms with E-state index < -0.39 is 5.92 Å². The number of amides is 2. The van der Waals surface area contributed by atoms with Crippen molar-refractivity contribution in [3.8, 4) is 11.5 Å². The summed E-state index contributed by atoms with van der Waals surface area (Å²) in [5, 5.41) is 3.04. The minimum Gasteiger partial charge on any atom is -0.486 e. The fourth-order valence-corrected chi connectivity index (χ4v) is 4.74. The summed E-state index contributed by atoms with van der Waals surface area (Å²) in [6, 6.07) is 5.49. The molecular weight excluding hydrogens is 384 g/mol. The number of hydrogen-bond acceptors (Lipinski definition) is 5. The van der Waals surface area contributed by atoms with Crippen LogP contribution in [0, 0.1) is 17.3 Å². The SMILES string of the molecule is CC(C)(C)[C@@H]1OCCC[C@H]1CNC(=O)[C@H]1CCN(c2ccc3c(c2)OCCO3)C1=O. The number of benzene rings is 1. The third kappa shape index (κ3) is 4.26. The van der Waals surface area contributed by atoms with Gasteiger partial charge in [-0.15, -0.1) is 0 Å². The normalized spacial score (nSPS) is 26.6. The Morgan fingerprint density at radius 2 is 1.90 bits per heavy atom. The van der Waals surface area contributed by atoms with Crippen molar-refractivity contribution in [1.29, 1.82) is 0 Å². The molecular formula is C23H32N2O5. The van der Waals surface area contributed by atoms with E-state index in [2.05, 4.69) is 26.1 Å². The second-order valence-corrected chi connectivity index (χ2v) is 9.46. The van der Waals surface area contributed by atoms with Crippen molar-refractivity contribution in [2.24, 2.45) is 17.3 Å². The predicted octanol–water partition coefficient (Wildman–Crippen LogP) is 2.77. The molecule has 2 fully saturated rings. The highest BCUT2D eigenvalue weighted by Crippen LogP contribution is 2.36. The quantitative estimate of drug-likeness (QED) is 0.764. The molecule has 30 heavy (non-hydrogen) atoms. The molecule has 0 bridgehead atoms. The summed E-state index contributed by atoms with van der Waals surface area (Å²) < 4.78 is 17.2. The zero-order chi connectivity index (χ0) is 21.3. The van der Waals surface area contributed by atoms with Gasteiger partial charge in [0, 0.05) is 37.4 Å². The third-order valence-corrected chi connectivity index (χ3v) is 6.20. The van der Waals surface area contributed by atoms with Gasteiger partial charge in [-0.05, 0) is 36.8 Å². The van der Waals surface area contributed by atoms with E-state index in [4.69, 9.17) is 14.2 Å². The van der Waals surface area contributed by atoms with Crippen molar-refractivity contribution < 1.29 is 23.8 Å². The van der Waals surface area contributed by atoms with Gasteiger partial charge in [0.1, 0.15) is 19.1 Å². The van der Waals surface area contributed by atoms with Crippen LogP contribution in [0.25, 0.3) is 0 Å². The second-order valence-electron chi connectivity index (χ2n) is 9.46. The number of rotatable bonds is 4. The molecule has 3 aliphatic heterocycles. The van der Waals surface area contributed by atoms with Crippen LogP contribution in [0.15, 0.2) is 18.2 Å². The maximum atomic E-state index is 13.0. The van der Waals surface area contributed by atoms with Crippen LogP contribution in [0.3, 0.4) is 0 Å². The van der Waals surface area contributed by atoms with E-state index in [-0.39, 0.29) is 29.3 Å². The van der Waals surface area contributed by atoms with Gasteiger partial charge in [0.15, 0.2) is 11.5 Å². The zero-order valence-corrected chi connectivity index (χ0v) is 18.1. The summed E-state index contributed by atoms with van der Waals surface area (Å²) in [5.74, 6) is 0.623. The van der Waals surface area contributed by atoms with Gasteiger partial charge in [-0.1, -0.05) is 20.8 Å². The lowest BCUT2D eigenvalue weighted by Gasteiger charge is -2.40. The Morgan fingerprint density at radius 1 is 1.13 bits per heavy atom. The van der Waals surface area contributed by atoms with Gasteiger partial charge in [-0.3, -0.25) is 9.59 Å². The molecule has 1 aromatic rings. The average molecular weight is 417 g/mol. The number of carbonyl (C=O) groups excluding carboxylic acids is 2. The largest absolute Gasteiger partial charge is 0.486 e. The van der Waals surface area contributed by atoms with Crippen molar-refractivity contribution in [1.82, 2.24) is 5.32 Å². The standard InChI is InChI=1S/C23H32N2O5/c1-23(2,3)20-15(5-4-10-30-20)14-24-21(26)17-8-9-25(22(17)27)16-6-7-18-19(13-16)29-12-11-28-18/h6-7,13,15,17,20H,4-5,8-12,14H2,1-3H3,(H,24,26)/t15-,17+,20+/m0/s1. The number of nitrogens with one attached hydrogen (secondary N) is 1. The van der Waals surface area contributed by atoms with Gasteiger partial charge in [-0.25, -0.2) is 0 Å². The Bertz CT molecular complexity index is 803. The van der Waals surface area contributed by atoms with E-state index in [9.17, 15) is 9.59 Å². The van der Waals surface area contributed by atoms with E-state index in [1.54, 1.807) is 4.90 Å². The van der Waals surface area contributed by atoms with Crippen LogP contribution in [0.5, 0.6) is 11.5 Å². The molecule has 7 nitrogen and oxygen atoms in total. The molecule has 0 aliphatic carbocycles. The number of ether oxygens (including phenoxy) is 3. The highest BCUT2D eigenvalue weighted by Gasteiger charge is 2.39. The van der Waals surface area contributed by atoms with Crippen LogP contribution in [0.2, 0.25) is 0 Å². The Hall–Kier alpha value is -2.28. The van der Waals surface area contributed by atoms with Gasteiger partial charge >= 0.3 is 0 Å². The van der Waals surface area contributed by atoms with Gasteiger partial charge in [0.25, 0.3) is 0 Å². The first kappa shape index (κ1) is 21.0. The Kier molecular flexibility index (Phi) is 5.91. The summed E-state index contributed by atoms with van der Waals surface area (Å²) in [6.45, 7) is 9.38. The first-order chi connectivity index (χ1) is 14.3. The summed E-state index contributed by atoms with van der Waals surface area (Å²) >= 11 is 0. The van der Waals surface area contributed by atoms with E-state index in [1.807, 2.05) is 18.2 Å². The number of fused-ring (bicyclic) bond motifs is 1. The second kappa shape index (κ2) is 8.46. The van der Waals surface area contributed by atoms with Crippen molar-refractivity contribution in [3.63, 3.8) is 0 Å². The summed E-state index contributed by atoms with van der Waals surface area (Å²) in [6.07, 6.45) is 2.67. The van der Waals surface area contributed by atoms with E-state index in [0.29, 0.717) is 44.2 Å². The molecule has 1 aromatic carbocycles. The molecule has 0 unspecified atom stereocenters. The minimum absolute atomic E-state index is 0.0219. The first-order valence-electron chi connectivity index (χ1n) is 10.9. The van der Waals surface area contributed by atoms with Crippen molar-refractivity contribution >= 4 is 17.5 Å². The zero-order valence-electron chi connectivity index (χ0n) is 18.1. The lowest BCUT2D eigenvalue weighted by Crippen LogP contribution is -2.46. The average Bonchev–Trinajstić information content (AvgIpc) is 3.12. The Balaban J connectivity index is 1.37. The van der Waals surface area contributed by atoms with Crippen LogP contribution >= 0.6 is 0 Å². The lowest BCUT2D eigenvalue weighted by molar-refractivity contribution is -0.133. The Morgan fingerprint density at radius 3 is 2.67 bits per heavy atom. The maximum absolute atomic E-state index is 13.0. The molecule has 2 amide bonds.